The average Bonchev–Trinajstić information content (AvgIpc) is 2.32. The lowest BCUT2D eigenvalue weighted by Crippen LogP contribution is -2.40. The third kappa shape index (κ3) is 3.11. The van der Waals surface area contributed by atoms with E-state index in [4.69, 9.17) is 15.2 Å². The number of rotatable bonds is 3. The number of ether oxygens (including phenoxy) is 2. The second kappa shape index (κ2) is 5.38. The monoisotopic (exact) mass is 236 g/mol. The standard InChI is InChI=1S/C13H20N2O2/c1-10-8-15(5-6-17-10)9-11-7-12(16-2)3-4-13(11)14/h3-4,7,10H,5-6,8-9,14H2,1-2H3. The Hall–Kier alpha value is -1.26. The molecule has 1 aromatic rings. The minimum atomic E-state index is 0.301. The molecule has 0 aromatic heterocycles. The van der Waals surface area contributed by atoms with Gasteiger partial charge in [0.1, 0.15) is 5.75 Å². The summed E-state index contributed by atoms with van der Waals surface area (Å²) in [5, 5.41) is 0. The molecule has 1 aliphatic heterocycles. The number of nitrogens with zero attached hydrogens (tertiary/aromatic N) is 1. The molecule has 1 atom stereocenters. The van der Waals surface area contributed by atoms with E-state index in [1.807, 2.05) is 18.2 Å². The maximum Gasteiger partial charge on any atom is 0.119 e. The van der Waals surface area contributed by atoms with Crippen molar-refractivity contribution in [1.82, 2.24) is 4.90 Å². The first-order valence-electron chi connectivity index (χ1n) is 5.95. The summed E-state index contributed by atoms with van der Waals surface area (Å²) in [6.07, 6.45) is 0.301. The Morgan fingerprint density at radius 3 is 3.06 bits per heavy atom. The van der Waals surface area contributed by atoms with Crippen molar-refractivity contribution in [3.8, 4) is 5.75 Å². The van der Waals surface area contributed by atoms with Gasteiger partial charge >= 0.3 is 0 Å². The van der Waals surface area contributed by atoms with E-state index in [2.05, 4.69) is 11.8 Å². The van der Waals surface area contributed by atoms with Gasteiger partial charge in [-0.15, -0.1) is 0 Å². The predicted octanol–water partition coefficient (Wildman–Crippen LogP) is 1.50. The normalized spacial score (nSPS) is 21.4. The van der Waals surface area contributed by atoms with Crippen molar-refractivity contribution in [3.05, 3.63) is 23.8 Å². The molecule has 1 aromatic carbocycles. The summed E-state index contributed by atoms with van der Waals surface area (Å²) in [7, 11) is 1.67. The second-order valence-electron chi connectivity index (χ2n) is 4.48. The summed E-state index contributed by atoms with van der Waals surface area (Å²) in [4.78, 5) is 2.36. The molecule has 2 N–H and O–H groups in total. The highest BCUT2D eigenvalue weighted by Crippen LogP contribution is 2.21. The molecule has 1 unspecified atom stereocenters. The Labute approximate surface area is 102 Å². The molecule has 1 saturated heterocycles. The van der Waals surface area contributed by atoms with E-state index < -0.39 is 0 Å². The largest absolute Gasteiger partial charge is 0.497 e. The zero-order chi connectivity index (χ0) is 12.3. The molecular weight excluding hydrogens is 216 g/mol. The molecule has 1 heterocycles. The number of methoxy groups -OCH3 is 1. The van der Waals surface area contributed by atoms with Gasteiger partial charge in [0.05, 0.1) is 19.8 Å². The fourth-order valence-electron chi connectivity index (χ4n) is 2.12. The van der Waals surface area contributed by atoms with Crippen molar-refractivity contribution in [1.29, 1.82) is 0 Å². The molecule has 2 rings (SSSR count). The molecule has 1 aliphatic rings. The molecule has 0 spiro atoms. The highest BCUT2D eigenvalue weighted by molar-refractivity contribution is 5.50. The molecule has 0 saturated carbocycles. The van der Waals surface area contributed by atoms with Gasteiger partial charge in [-0.05, 0) is 30.7 Å². The van der Waals surface area contributed by atoms with Crippen LogP contribution in [0.15, 0.2) is 18.2 Å². The fourth-order valence-corrected chi connectivity index (χ4v) is 2.12. The van der Waals surface area contributed by atoms with E-state index in [-0.39, 0.29) is 0 Å². The van der Waals surface area contributed by atoms with Crippen LogP contribution in [0.2, 0.25) is 0 Å². The van der Waals surface area contributed by atoms with Gasteiger partial charge in [-0.3, -0.25) is 4.90 Å². The molecule has 94 valence electrons. The smallest absolute Gasteiger partial charge is 0.119 e. The van der Waals surface area contributed by atoms with Crippen LogP contribution in [-0.4, -0.2) is 37.8 Å². The first-order valence-corrected chi connectivity index (χ1v) is 5.95. The maximum absolute atomic E-state index is 5.98. The van der Waals surface area contributed by atoms with Crippen LogP contribution in [-0.2, 0) is 11.3 Å². The Balaban J connectivity index is 2.06. The SMILES string of the molecule is COc1ccc(N)c(CN2CCOC(C)C2)c1. The molecule has 4 nitrogen and oxygen atoms in total. The number of benzene rings is 1. The van der Waals surface area contributed by atoms with Crippen molar-refractivity contribution in [3.63, 3.8) is 0 Å². The van der Waals surface area contributed by atoms with Crippen molar-refractivity contribution >= 4 is 5.69 Å². The quantitative estimate of drug-likeness (QED) is 0.808. The Bertz CT molecular complexity index is 382. The lowest BCUT2D eigenvalue weighted by molar-refractivity contribution is -0.0211. The van der Waals surface area contributed by atoms with Gasteiger partial charge in [0.25, 0.3) is 0 Å². The van der Waals surface area contributed by atoms with Crippen LogP contribution in [0.25, 0.3) is 0 Å². The third-order valence-electron chi connectivity index (χ3n) is 3.07. The topological polar surface area (TPSA) is 47.7 Å². The highest BCUT2D eigenvalue weighted by Gasteiger charge is 2.17. The van der Waals surface area contributed by atoms with E-state index in [0.717, 1.165) is 43.2 Å². The van der Waals surface area contributed by atoms with Crippen LogP contribution in [0.3, 0.4) is 0 Å². The van der Waals surface area contributed by atoms with Gasteiger partial charge in [-0.1, -0.05) is 0 Å². The van der Waals surface area contributed by atoms with Crippen LogP contribution < -0.4 is 10.5 Å². The van der Waals surface area contributed by atoms with Crippen molar-refractivity contribution < 1.29 is 9.47 Å². The van der Waals surface area contributed by atoms with Crippen molar-refractivity contribution in [2.45, 2.75) is 19.6 Å². The predicted molar refractivity (Wildman–Crippen MR) is 68.1 cm³/mol. The molecular formula is C13H20N2O2. The second-order valence-corrected chi connectivity index (χ2v) is 4.48. The summed E-state index contributed by atoms with van der Waals surface area (Å²) >= 11 is 0. The van der Waals surface area contributed by atoms with E-state index >= 15 is 0 Å². The number of anilines is 1. The Morgan fingerprint density at radius 2 is 2.35 bits per heavy atom. The first-order chi connectivity index (χ1) is 8.19. The molecule has 17 heavy (non-hydrogen) atoms. The van der Waals surface area contributed by atoms with Gasteiger partial charge in [-0.25, -0.2) is 0 Å². The first kappa shape index (κ1) is 12.2. The number of hydrogen-bond donors (Lipinski definition) is 1. The molecule has 0 amide bonds. The lowest BCUT2D eigenvalue weighted by Gasteiger charge is -2.31. The van der Waals surface area contributed by atoms with Crippen LogP contribution >= 0.6 is 0 Å². The average molecular weight is 236 g/mol. The number of morpholine rings is 1. The number of nitrogen functional groups attached to an aromatic ring is 1. The van der Waals surface area contributed by atoms with Gasteiger partial charge < -0.3 is 15.2 Å². The summed E-state index contributed by atoms with van der Waals surface area (Å²) in [5.41, 5.74) is 7.93. The van der Waals surface area contributed by atoms with Crippen molar-refractivity contribution in [2.24, 2.45) is 0 Å². The van der Waals surface area contributed by atoms with Gasteiger partial charge in [0, 0.05) is 25.3 Å². The molecule has 0 aliphatic carbocycles. The Kier molecular flexibility index (Phi) is 3.86. The molecule has 1 fully saturated rings. The summed E-state index contributed by atoms with van der Waals surface area (Å²) in [5.74, 6) is 0.857. The molecule has 0 bridgehead atoms. The molecule has 0 radical (unpaired) electrons. The fraction of sp³-hybridized carbons (Fsp3) is 0.538. The van der Waals surface area contributed by atoms with Gasteiger partial charge in [0.15, 0.2) is 0 Å². The van der Waals surface area contributed by atoms with Crippen LogP contribution in [0.5, 0.6) is 5.75 Å². The van der Waals surface area contributed by atoms with Crippen LogP contribution in [0.4, 0.5) is 5.69 Å². The Morgan fingerprint density at radius 1 is 1.53 bits per heavy atom. The third-order valence-corrected chi connectivity index (χ3v) is 3.07. The summed E-state index contributed by atoms with van der Waals surface area (Å²) in [6.45, 7) is 5.67. The molecule has 4 heteroatoms. The van der Waals surface area contributed by atoms with Gasteiger partial charge in [-0.2, -0.15) is 0 Å². The van der Waals surface area contributed by atoms with E-state index in [0.29, 0.717) is 6.10 Å². The zero-order valence-electron chi connectivity index (χ0n) is 10.5. The van der Waals surface area contributed by atoms with E-state index in [1.54, 1.807) is 7.11 Å². The summed E-state index contributed by atoms with van der Waals surface area (Å²) in [6, 6.07) is 5.80. The minimum Gasteiger partial charge on any atom is -0.497 e. The van der Waals surface area contributed by atoms with Crippen LogP contribution in [0.1, 0.15) is 12.5 Å². The maximum atomic E-state index is 5.98. The van der Waals surface area contributed by atoms with Crippen LogP contribution in [0, 0.1) is 0 Å². The summed E-state index contributed by atoms with van der Waals surface area (Å²) < 4.78 is 10.7. The lowest BCUT2D eigenvalue weighted by atomic mass is 10.1. The van der Waals surface area contributed by atoms with Crippen molar-refractivity contribution in [2.75, 3.05) is 32.5 Å². The highest BCUT2D eigenvalue weighted by atomic mass is 16.5. The zero-order valence-corrected chi connectivity index (χ0v) is 10.5. The van der Waals surface area contributed by atoms with E-state index in [1.165, 1.54) is 0 Å². The van der Waals surface area contributed by atoms with E-state index in [9.17, 15) is 0 Å². The minimum absolute atomic E-state index is 0.301. The number of hydrogen-bond acceptors (Lipinski definition) is 4. The van der Waals surface area contributed by atoms with Gasteiger partial charge in [0.2, 0.25) is 0 Å². The number of nitrogens with two attached hydrogens (primary N) is 1.